The predicted molar refractivity (Wildman–Crippen MR) is 102 cm³/mol. The van der Waals surface area contributed by atoms with Crippen LogP contribution in [-0.2, 0) is 19.1 Å². The summed E-state index contributed by atoms with van der Waals surface area (Å²) in [5.41, 5.74) is 1.13. The second-order valence-electron chi connectivity index (χ2n) is 6.81. The summed E-state index contributed by atoms with van der Waals surface area (Å²) in [7, 11) is 2.85. The van der Waals surface area contributed by atoms with Crippen LogP contribution < -0.4 is 0 Å². The standard InChI is InChI=1S/C19H24ClNO4.ClH/c1-24-17(22)9-10-21-14-7-8-16(21)18(19(23)25-2)15(11-14)12-3-5-13(20)6-4-12;/h3-6,14-16,18H,7-11H2,1-2H3;1H/t14-,15-,16?,18?;/m1./s1. The van der Waals surface area contributed by atoms with Gasteiger partial charge in [-0.3, -0.25) is 14.5 Å². The maximum atomic E-state index is 12.6. The zero-order valence-electron chi connectivity index (χ0n) is 15.0. The smallest absolute Gasteiger partial charge is 0.310 e. The van der Waals surface area contributed by atoms with Crippen molar-refractivity contribution in [1.82, 2.24) is 4.90 Å². The summed E-state index contributed by atoms with van der Waals surface area (Å²) in [5.74, 6) is -0.485. The molecule has 0 spiro atoms. The van der Waals surface area contributed by atoms with Gasteiger partial charge in [0.15, 0.2) is 0 Å². The van der Waals surface area contributed by atoms with Crippen LogP contribution in [0.25, 0.3) is 0 Å². The summed E-state index contributed by atoms with van der Waals surface area (Å²) in [6, 6.07) is 8.25. The molecule has 144 valence electrons. The lowest BCUT2D eigenvalue weighted by molar-refractivity contribution is -0.150. The molecule has 2 unspecified atom stereocenters. The van der Waals surface area contributed by atoms with Crippen molar-refractivity contribution in [2.45, 2.75) is 43.7 Å². The maximum absolute atomic E-state index is 12.6. The summed E-state index contributed by atoms with van der Waals surface area (Å²) < 4.78 is 9.89. The van der Waals surface area contributed by atoms with E-state index in [1.165, 1.54) is 14.2 Å². The van der Waals surface area contributed by atoms with Gasteiger partial charge in [0.25, 0.3) is 0 Å². The summed E-state index contributed by atoms with van der Waals surface area (Å²) in [6.45, 7) is 0.628. The predicted octanol–water partition coefficient (Wildman–Crippen LogP) is 3.43. The highest BCUT2D eigenvalue weighted by molar-refractivity contribution is 6.30. The van der Waals surface area contributed by atoms with Gasteiger partial charge in [-0.1, -0.05) is 23.7 Å². The van der Waals surface area contributed by atoms with Crippen LogP contribution in [0.1, 0.15) is 37.2 Å². The number of benzene rings is 1. The highest BCUT2D eigenvalue weighted by Crippen LogP contribution is 2.47. The van der Waals surface area contributed by atoms with E-state index >= 15 is 0 Å². The molecule has 0 amide bonds. The first kappa shape index (κ1) is 21.0. The van der Waals surface area contributed by atoms with Gasteiger partial charge in [0.2, 0.25) is 0 Å². The molecule has 1 aromatic rings. The molecule has 2 bridgehead atoms. The molecule has 0 aliphatic carbocycles. The van der Waals surface area contributed by atoms with Crippen molar-refractivity contribution in [3.8, 4) is 0 Å². The fourth-order valence-corrected chi connectivity index (χ4v) is 4.62. The molecule has 0 radical (unpaired) electrons. The molecule has 7 heteroatoms. The normalized spacial score (nSPS) is 27.5. The quantitative estimate of drug-likeness (QED) is 0.707. The molecule has 0 saturated carbocycles. The van der Waals surface area contributed by atoms with Gasteiger partial charge in [0, 0.05) is 29.6 Å². The zero-order valence-corrected chi connectivity index (χ0v) is 16.6. The molecule has 2 aliphatic heterocycles. The molecule has 3 rings (SSSR count). The van der Waals surface area contributed by atoms with Crippen molar-refractivity contribution in [2.24, 2.45) is 5.92 Å². The summed E-state index contributed by atoms with van der Waals surface area (Å²) >= 11 is 6.01. The van der Waals surface area contributed by atoms with Crippen LogP contribution in [0, 0.1) is 5.92 Å². The fourth-order valence-electron chi connectivity index (χ4n) is 4.49. The van der Waals surface area contributed by atoms with E-state index in [9.17, 15) is 9.59 Å². The minimum Gasteiger partial charge on any atom is -0.469 e. The largest absolute Gasteiger partial charge is 0.469 e. The molecule has 2 fully saturated rings. The molecule has 2 heterocycles. The lowest BCUT2D eigenvalue weighted by Gasteiger charge is -2.43. The Morgan fingerprint density at radius 1 is 1.15 bits per heavy atom. The first-order chi connectivity index (χ1) is 12.0. The fraction of sp³-hybridized carbons (Fsp3) is 0.579. The highest BCUT2D eigenvalue weighted by Gasteiger charge is 2.50. The molecule has 2 aliphatic rings. The first-order valence-corrected chi connectivity index (χ1v) is 9.08. The molecule has 4 atom stereocenters. The second-order valence-corrected chi connectivity index (χ2v) is 7.24. The number of halogens is 2. The molecule has 26 heavy (non-hydrogen) atoms. The maximum Gasteiger partial charge on any atom is 0.310 e. The summed E-state index contributed by atoms with van der Waals surface area (Å²) in [4.78, 5) is 26.4. The van der Waals surface area contributed by atoms with Gasteiger partial charge in [0.05, 0.1) is 26.6 Å². The number of ether oxygens (including phenoxy) is 2. The number of esters is 2. The summed E-state index contributed by atoms with van der Waals surface area (Å²) in [5, 5.41) is 0.692. The van der Waals surface area contributed by atoms with E-state index in [0.29, 0.717) is 24.0 Å². The van der Waals surface area contributed by atoms with Gasteiger partial charge in [-0.2, -0.15) is 0 Å². The minimum absolute atomic E-state index is 0. The van der Waals surface area contributed by atoms with Crippen LogP contribution in [-0.4, -0.2) is 49.7 Å². The molecular weight excluding hydrogens is 377 g/mol. The number of nitrogens with zero attached hydrogens (tertiary/aromatic N) is 1. The Kier molecular flexibility index (Phi) is 7.33. The Hall–Kier alpha value is -1.30. The molecule has 0 aromatic heterocycles. The van der Waals surface area contributed by atoms with Gasteiger partial charge < -0.3 is 9.47 Å². The topological polar surface area (TPSA) is 55.8 Å². The van der Waals surface area contributed by atoms with Crippen LogP contribution in [0.3, 0.4) is 0 Å². The Balaban J connectivity index is 0.00000243. The third-order valence-electron chi connectivity index (χ3n) is 5.64. The van der Waals surface area contributed by atoms with Gasteiger partial charge in [-0.15, -0.1) is 12.4 Å². The van der Waals surface area contributed by atoms with Gasteiger partial charge in [0.1, 0.15) is 0 Å². The monoisotopic (exact) mass is 401 g/mol. The third-order valence-corrected chi connectivity index (χ3v) is 5.89. The van der Waals surface area contributed by atoms with Crippen molar-refractivity contribution in [3.63, 3.8) is 0 Å². The molecule has 0 N–H and O–H groups in total. The van der Waals surface area contributed by atoms with E-state index in [4.69, 9.17) is 21.1 Å². The van der Waals surface area contributed by atoms with E-state index in [1.807, 2.05) is 24.3 Å². The Labute approximate surface area is 165 Å². The highest BCUT2D eigenvalue weighted by atomic mass is 35.5. The first-order valence-electron chi connectivity index (χ1n) is 8.71. The molecule has 5 nitrogen and oxygen atoms in total. The number of rotatable bonds is 5. The zero-order chi connectivity index (χ0) is 18.0. The lowest BCUT2D eigenvalue weighted by Crippen LogP contribution is -2.51. The van der Waals surface area contributed by atoms with Crippen LogP contribution in [0.5, 0.6) is 0 Å². The van der Waals surface area contributed by atoms with Crippen LogP contribution in [0.2, 0.25) is 5.02 Å². The molecule has 2 saturated heterocycles. The molecular formula is C19H25Cl2NO4. The van der Waals surface area contributed by atoms with Crippen molar-refractivity contribution in [1.29, 1.82) is 0 Å². The summed E-state index contributed by atoms with van der Waals surface area (Å²) in [6.07, 6.45) is 3.24. The van der Waals surface area contributed by atoms with Crippen molar-refractivity contribution >= 4 is 35.9 Å². The number of hydrogen-bond donors (Lipinski definition) is 0. The van der Waals surface area contributed by atoms with Crippen LogP contribution in [0.4, 0.5) is 0 Å². The number of hydrogen-bond acceptors (Lipinski definition) is 5. The SMILES string of the molecule is COC(=O)CCN1C2CC[C@@H]1C[C@H](c1ccc(Cl)cc1)C2C(=O)OC.Cl. The van der Waals surface area contributed by atoms with Gasteiger partial charge in [-0.05, 0) is 37.0 Å². The van der Waals surface area contributed by atoms with Gasteiger partial charge >= 0.3 is 11.9 Å². The average Bonchev–Trinajstić information content (AvgIpc) is 2.91. The minimum atomic E-state index is -0.220. The number of piperidine rings is 1. The lowest BCUT2D eigenvalue weighted by atomic mass is 9.76. The van der Waals surface area contributed by atoms with E-state index < -0.39 is 0 Å². The van der Waals surface area contributed by atoms with E-state index in [1.54, 1.807) is 0 Å². The Bertz CT molecular complexity index is 637. The van der Waals surface area contributed by atoms with Gasteiger partial charge in [-0.25, -0.2) is 0 Å². The third kappa shape index (κ3) is 4.16. The van der Waals surface area contributed by atoms with E-state index in [2.05, 4.69) is 4.90 Å². The van der Waals surface area contributed by atoms with Crippen molar-refractivity contribution in [2.75, 3.05) is 20.8 Å². The van der Waals surface area contributed by atoms with Crippen LogP contribution in [0.15, 0.2) is 24.3 Å². The van der Waals surface area contributed by atoms with Crippen LogP contribution >= 0.6 is 24.0 Å². The Morgan fingerprint density at radius 2 is 1.85 bits per heavy atom. The van der Waals surface area contributed by atoms with Crippen molar-refractivity contribution in [3.05, 3.63) is 34.9 Å². The molecule has 1 aromatic carbocycles. The second kappa shape index (κ2) is 9.07. The number of methoxy groups -OCH3 is 2. The van der Waals surface area contributed by atoms with Crippen molar-refractivity contribution < 1.29 is 19.1 Å². The van der Waals surface area contributed by atoms with E-state index in [0.717, 1.165) is 24.8 Å². The average molecular weight is 402 g/mol. The number of carbonyl (C=O) groups is 2. The Morgan fingerprint density at radius 3 is 2.46 bits per heavy atom. The van der Waals surface area contributed by atoms with E-state index in [-0.39, 0.29) is 42.2 Å². The number of carbonyl (C=O) groups excluding carboxylic acids is 2. The number of fused-ring (bicyclic) bond motifs is 2.